The minimum absolute atomic E-state index is 0.0354. The molecule has 3 rings (SSSR count). The molecule has 3 heterocycles. The first-order valence-electron chi connectivity index (χ1n) is 8.72. The summed E-state index contributed by atoms with van der Waals surface area (Å²) in [5, 5.41) is 17.9. The van der Waals surface area contributed by atoms with E-state index in [0.29, 0.717) is 26.2 Å². The Morgan fingerprint density at radius 3 is 2.92 bits per heavy atom. The van der Waals surface area contributed by atoms with Crippen molar-refractivity contribution >= 4 is 10.0 Å². The number of aliphatic hydroxyl groups is 1. The maximum atomic E-state index is 13.0. The van der Waals surface area contributed by atoms with Crippen LogP contribution in [0.1, 0.15) is 37.8 Å². The van der Waals surface area contributed by atoms with Gasteiger partial charge < -0.3 is 5.11 Å². The lowest BCUT2D eigenvalue weighted by Gasteiger charge is -2.31. The molecule has 9 heteroatoms. The number of aryl methyl sites for hydroxylation is 1. The third-order valence-corrected chi connectivity index (χ3v) is 6.40. The summed E-state index contributed by atoms with van der Waals surface area (Å²) in [6, 6.07) is 3.49. The van der Waals surface area contributed by atoms with Crippen molar-refractivity contribution in [3.8, 4) is 0 Å². The molecule has 138 valence electrons. The Bertz CT molecular complexity index is 798. The first-order valence-corrected chi connectivity index (χ1v) is 10.2. The quantitative estimate of drug-likeness (QED) is 0.789. The normalized spacial score (nSPS) is 19.4. The van der Waals surface area contributed by atoms with Crippen molar-refractivity contribution in [2.24, 2.45) is 0 Å². The molecule has 0 amide bonds. The molecule has 1 saturated heterocycles. The Labute approximate surface area is 148 Å². The summed E-state index contributed by atoms with van der Waals surface area (Å²) < 4.78 is 30.9. The maximum Gasteiger partial charge on any atom is 0.260 e. The monoisotopic (exact) mass is 367 g/mol. The largest absolute Gasteiger partial charge is 0.394 e. The fourth-order valence-corrected chi connectivity index (χ4v) is 4.92. The highest BCUT2D eigenvalue weighted by atomic mass is 32.2. The molecule has 0 spiro atoms. The number of aromatic nitrogens is 4. The predicted molar refractivity (Wildman–Crippen MR) is 92.6 cm³/mol. The molecule has 1 atom stereocenters. The number of hydrogen-bond acceptors (Lipinski definition) is 5. The van der Waals surface area contributed by atoms with Gasteiger partial charge in [0.15, 0.2) is 5.03 Å². The van der Waals surface area contributed by atoms with Gasteiger partial charge in [-0.3, -0.25) is 9.36 Å². The summed E-state index contributed by atoms with van der Waals surface area (Å²) in [6.45, 7) is 4.02. The number of nitrogens with zero attached hydrogens (tertiary/aromatic N) is 5. The van der Waals surface area contributed by atoms with E-state index in [1.54, 1.807) is 25.9 Å². The van der Waals surface area contributed by atoms with Gasteiger partial charge in [-0.2, -0.15) is 14.5 Å². The molecule has 0 aliphatic carbocycles. The van der Waals surface area contributed by atoms with Gasteiger partial charge in [-0.1, -0.05) is 6.92 Å². The van der Waals surface area contributed by atoms with E-state index < -0.39 is 10.0 Å². The third-order valence-electron chi connectivity index (χ3n) is 4.51. The molecule has 1 aliphatic rings. The average molecular weight is 367 g/mol. The summed E-state index contributed by atoms with van der Waals surface area (Å²) >= 11 is 0. The minimum atomic E-state index is -3.56. The minimum Gasteiger partial charge on any atom is -0.394 e. The summed E-state index contributed by atoms with van der Waals surface area (Å²) in [5.41, 5.74) is 0.885. The second-order valence-electron chi connectivity index (χ2n) is 6.32. The molecule has 8 nitrogen and oxygen atoms in total. The van der Waals surface area contributed by atoms with Crippen LogP contribution in [0.3, 0.4) is 0 Å². The maximum absolute atomic E-state index is 13.0. The third kappa shape index (κ3) is 3.78. The van der Waals surface area contributed by atoms with E-state index in [-0.39, 0.29) is 17.6 Å². The van der Waals surface area contributed by atoms with Crippen molar-refractivity contribution in [3.63, 3.8) is 0 Å². The van der Waals surface area contributed by atoms with E-state index in [2.05, 4.69) is 10.2 Å². The summed E-state index contributed by atoms with van der Waals surface area (Å²) in [7, 11) is -3.56. The predicted octanol–water partition coefficient (Wildman–Crippen LogP) is 1.05. The van der Waals surface area contributed by atoms with Gasteiger partial charge >= 0.3 is 0 Å². The van der Waals surface area contributed by atoms with Crippen molar-refractivity contribution in [2.75, 3.05) is 19.7 Å². The molecule has 0 aromatic carbocycles. The van der Waals surface area contributed by atoms with Crippen LogP contribution in [0.4, 0.5) is 0 Å². The lowest BCUT2D eigenvalue weighted by molar-refractivity contribution is 0.267. The zero-order valence-electron chi connectivity index (χ0n) is 14.5. The van der Waals surface area contributed by atoms with Gasteiger partial charge in [0.2, 0.25) is 0 Å². The van der Waals surface area contributed by atoms with Crippen molar-refractivity contribution in [2.45, 2.75) is 50.2 Å². The van der Waals surface area contributed by atoms with Gasteiger partial charge in [-0.05, 0) is 31.4 Å². The molecular formula is C16H25N5O3S. The van der Waals surface area contributed by atoms with Crippen LogP contribution in [0.2, 0.25) is 0 Å². The Morgan fingerprint density at radius 2 is 2.16 bits per heavy atom. The molecule has 0 bridgehead atoms. The molecule has 1 aliphatic heterocycles. The van der Waals surface area contributed by atoms with Gasteiger partial charge in [0.25, 0.3) is 10.0 Å². The molecule has 2 aromatic heterocycles. The van der Waals surface area contributed by atoms with Gasteiger partial charge in [-0.15, -0.1) is 0 Å². The van der Waals surface area contributed by atoms with Crippen LogP contribution in [0.15, 0.2) is 29.6 Å². The molecule has 1 fully saturated rings. The molecule has 0 saturated carbocycles. The second kappa shape index (κ2) is 7.67. The van der Waals surface area contributed by atoms with E-state index in [1.165, 1.54) is 0 Å². The van der Waals surface area contributed by atoms with Crippen LogP contribution in [-0.2, 0) is 23.1 Å². The Hall–Kier alpha value is -1.71. The Balaban J connectivity index is 1.78. The topological polar surface area (TPSA) is 93.2 Å². The smallest absolute Gasteiger partial charge is 0.260 e. The van der Waals surface area contributed by atoms with Crippen molar-refractivity contribution in [1.29, 1.82) is 0 Å². The zero-order valence-corrected chi connectivity index (χ0v) is 15.3. The molecule has 0 radical (unpaired) electrons. The lowest BCUT2D eigenvalue weighted by Crippen LogP contribution is -2.40. The van der Waals surface area contributed by atoms with E-state index in [1.807, 2.05) is 19.2 Å². The second-order valence-corrected chi connectivity index (χ2v) is 8.21. The fourth-order valence-electron chi connectivity index (χ4n) is 3.28. The number of aliphatic hydroxyl groups excluding tert-OH is 1. The zero-order chi connectivity index (χ0) is 17.9. The highest BCUT2D eigenvalue weighted by molar-refractivity contribution is 7.89. The SMILES string of the molecule is CCCn1nccc1S(=O)(=O)N1CCC[C@H](c2ccn(CCO)n2)C1. The van der Waals surface area contributed by atoms with Crippen molar-refractivity contribution in [1.82, 2.24) is 23.9 Å². The standard InChI is InChI=1S/C16H25N5O3S/c1-2-8-21-16(5-7-17-21)25(23,24)20-9-3-4-14(13-20)15-6-10-19(18-15)11-12-22/h5-7,10,14,22H,2-4,8-9,11-13H2,1H3/t14-/m0/s1. The highest BCUT2D eigenvalue weighted by Crippen LogP contribution is 2.29. The van der Waals surface area contributed by atoms with Crippen LogP contribution < -0.4 is 0 Å². The van der Waals surface area contributed by atoms with Crippen molar-refractivity contribution in [3.05, 3.63) is 30.2 Å². The first kappa shape index (κ1) is 18.1. The van der Waals surface area contributed by atoms with Crippen molar-refractivity contribution < 1.29 is 13.5 Å². The summed E-state index contributed by atoms with van der Waals surface area (Å²) in [4.78, 5) is 0. The van der Waals surface area contributed by atoms with Crippen LogP contribution >= 0.6 is 0 Å². The lowest BCUT2D eigenvalue weighted by atomic mass is 9.96. The number of piperidine rings is 1. The van der Waals surface area contributed by atoms with E-state index in [4.69, 9.17) is 5.11 Å². The van der Waals surface area contributed by atoms with Crippen LogP contribution in [0, 0.1) is 0 Å². The molecule has 2 aromatic rings. The van der Waals surface area contributed by atoms with Gasteiger partial charge in [0.1, 0.15) is 0 Å². The first-order chi connectivity index (χ1) is 12.1. The van der Waals surface area contributed by atoms with E-state index in [0.717, 1.165) is 25.0 Å². The highest BCUT2D eigenvalue weighted by Gasteiger charge is 2.33. The fraction of sp³-hybridized carbons (Fsp3) is 0.625. The Morgan fingerprint density at radius 1 is 1.32 bits per heavy atom. The molecule has 1 N–H and O–H groups in total. The van der Waals surface area contributed by atoms with E-state index in [9.17, 15) is 8.42 Å². The average Bonchev–Trinajstić information content (AvgIpc) is 3.25. The number of hydrogen-bond donors (Lipinski definition) is 1. The summed E-state index contributed by atoms with van der Waals surface area (Å²) in [5.74, 6) is 0.0750. The molecule has 0 unspecified atom stereocenters. The van der Waals surface area contributed by atoms with Gasteiger partial charge in [0, 0.05) is 31.7 Å². The van der Waals surface area contributed by atoms with Crippen LogP contribution in [0.25, 0.3) is 0 Å². The Kier molecular flexibility index (Phi) is 5.55. The number of sulfonamides is 1. The molecular weight excluding hydrogens is 342 g/mol. The van der Waals surface area contributed by atoms with E-state index >= 15 is 0 Å². The number of rotatable bonds is 7. The molecule has 25 heavy (non-hydrogen) atoms. The van der Waals surface area contributed by atoms with Crippen LogP contribution in [0.5, 0.6) is 0 Å². The summed E-state index contributed by atoms with van der Waals surface area (Å²) in [6.07, 6.45) is 5.92. The van der Waals surface area contributed by atoms with Crippen LogP contribution in [-0.4, -0.2) is 57.1 Å². The van der Waals surface area contributed by atoms with Gasteiger partial charge in [0.05, 0.1) is 25.0 Å². The van der Waals surface area contributed by atoms with Gasteiger partial charge in [-0.25, -0.2) is 8.42 Å².